The van der Waals surface area contributed by atoms with E-state index in [1.807, 2.05) is 19.1 Å². The van der Waals surface area contributed by atoms with Gasteiger partial charge in [0.15, 0.2) is 5.69 Å². The Morgan fingerprint density at radius 2 is 1.73 bits per heavy atom. The lowest BCUT2D eigenvalue weighted by molar-refractivity contribution is -0.137. The van der Waals surface area contributed by atoms with Crippen LogP contribution in [-0.2, 0) is 10.9 Å². The smallest absolute Gasteiger partial charge is 0.418 e. The number of carbonyl (C=O) groups is 1. The van der Waals surface area contributed by atoms with Crippen molar-refractivity contribution in [2.24, 2.45) is 0 Å². The number of hydrogen-bond acceptors (Lipinski definition) is 3. The molecule has 1 heterocycles. The summed E-state index contributed by atoms with van der Waals surface area (Å²) in [6.07, 6.45) is -4.58. The molecule has 2 aromatic carbocycles. The fourth-order valence-electron chi connectivity index (χ4n) is 2.58. The number of aromatic nitrogens is 2. The van der Waals surface area contributed by atoms with E-state index in [1.165, 1.54) is 31.4 Å². The number of aryl methyl sites for hydroxylation is 1. The molecule has 1 aromatic heterocycles. The average Bonchev–Trinajstić information content (AvgIpc) is 3.06. The van der Waals surface area contributed by atoms with E-state index in [0.717, 1.165) is 16.3 Å². The van der Waals surface area contributed by atoms with E-state index in [9.17, 15) is 18.0 Å². The van der Waals surface area contributed by atoms with Crippen LogP contribution in [0.1, 0.15) is 21.6 Å². The van der Waals surface area contributed by atoms with E-state index < -0.39 is 17.7 Å². The first-order valence-corrected chi connectivity index (χ1v) is 7.73. The van der Waals surface area contributed by atoms with Crippen LogP contribution in [0.4, 0.5) is 13.2 Å². The summed E-state index contributed by atoms with van der Waals surface area (Å²) in [6.45, 7) is 1.92. The molecule has 26 heavy (non-hydrogen) atoms. The molecule has 0 spiro atoms. The summed E-state index contributed by atoms with van der Waals surface area (Å²) < 4.78 is 45.8. The van der Waals surface area contributed by atoms with Crippen molar-refractivity contribution in [2.45, 2.75) is 13.1 Å². The quantitative estimate of drug-likeness (QED) is 0.639. The number of nitrogens with zero attached hydrogens (tertiary/aromatic N) is 2. The van der Waals surface area contributed by atoms with E-state index in [0.29, 0.717) is 11.3 Å². The summed E-state index contributed by atoms with van der Waals surface area (Å²) in [6, 6.07) is 13.7. The second-order valence-corrected chi connectivity index (χ2v) is 5.70. The Morgan fingerprint density at radius 3 is 2.35 bits per heavy atom. The molecule has 4 nitrogen and oxygen atoms in total. The highest BCUT2D eigenvalue weighted by Gasteiger charge is 2.35. The van der Waals surface area contributed by atoms with Gasteiger partial charge in [0.25, 0.3) is 0 Å². The van der Waals surface area contributed by atoms with Crippen LogP contribution in [-0.4, -0.2) is 22.9 Å². The van der Waals surface area contributed by atoms with Gasteiger partial charge in [-0.3, -0.25) is 0 Å². The van der Waals surface area contributed by atoms with Gasteiger partial charge < -0.3 is 4.74 Å². The van der Waals surface area contributed by atoms with Gasteiger partial charge in [0, 0.05) is 5.56 Å². The van der Waals surface area contributed by atoms with Gasteiger partial charge in [0.05, 0.1) is 24.1 Å². The van der Waals surface area contributed by atoms with Crippen LogP contribution in [0, 0.1) is 6.92 Å². The van der Waals surface area contributed by atoms with E-state index in [-0.39, 0.29) is 11.4 Å². The standard InChI is InChI=1S/C19H15F3N2O2/c1-12-7-9-13(10-8-12)15-11-17(18(25)26-2)24(23-15)16-6-4-3-5-14(16)19(20,21)22/h3-11H,1-2H3. The van der Waals surface area contributed by atoms with Crippen LogP contribution >= 0.6 is 0 Å². The number of ether oxygens (including phenoxy) is 1. The average molecular weight is 360 g/mol. The van der Waals surface area contributed by atoms with Gasteiger partial charge >= 0.3 is 12.1 Å². The van der Waals surface area contributed by atoms with Crippen molar-refractivity contribution in [3.63, 3.8) is 0 Å². The molecule has 0 saturated heterocycles. The molecule has 0 aliphatic rings. The molecule has 3 aromatic rings. The van der Waals surface area contributed by atoms with Gasteiger partial charge in [-0.1, -0.05) is 42.0 Å². The molecule has 0 fully saturated rings. The van der Waals surface area contributed by atoms with E-state index >= 15 is 0 Å². The second-order valence-electron chi connectivity index (χ2n) is 5.70. The normalized spacial score (nSPS) is 11.4. The Hall–Kier alpha value is -3.09. The Kier molecular flexibility index (Phi) is 4.54. The predicted octanol–water partition coefficient (Wildman–Crippen LogP) is 4.65. The minimum atomic E-state index is -4.58. The second kappa shape index (κ2) is 6.67. The molecule has 3 rings (SSSR count). The van der Waals surface area contributed by atoms with Gasteiger partial charge in [-0.05, 0) is 25.1 Å². The minimum Gasteiger partial charge on any atom is -0.464 e. The summed E-state index contributed by atoms with van der Waals surface area (Å²) in [7, 11) is 1.17. The van der Waals surface area contributed by atoms with E-state index in [2.05, 4.69) is 5.10 Å². The first-order chi connectivity index (χ1) is 12.3. The van der Waals surface area contributed by atoms with Crippen molar-refractivity contribution >= 4 is 5.97 Å². The number of hydrogen-bond donors (Lipinski definition) is 0. The first-order valence-electron chi connectivity index (χ1n) is 7.73. The zero-order chi connectivity index (χ0) is 18.9. The molecule has 0 bridgehead atoms. The SMILES string of the molecule is COC(=O)c1cc(-c2ccc(C)cc2)nn1-c1ccccc1C(F)(F)F. The molecule has 0 unspecified atom stereocenters. The van der Waals surface area contributed by atoms with Gasteiger partial charge in [-0.15, -0.1) is 0 Å². The highest BCUT2D eigenvalue weighted by molar-refractivity contribution is 5.89. The van der Waals surface area contributed by atoms with E-state index in [1.54, 1.807) is 12.1 Å². The molecule has 0 radical (unpaired) electrons. The molecule has 0 aliphatic heterocycles. The number of carbonyl (C=O) groups excluding carboxylic acids is 1. The lowest BCUT2D eigenvalue weighted by atomic mass is 10.1. The highest BCUT2D eigenvalue weighted by atomic mass is 19.4. The Morgan fingerprint density at radius 1 is 1.08 bits per heavy atom. The van der Waals surface area contributed by atoms with Crippen molar-refractivity contribution in [1.82, 2.24) is 9.78 Å². The van der Waals surface area contributed by atoms with Crippen molar-refractivity contribution in [2.75, 3.05) is 7.11 Å². The van der Waals surface area contributed by atoms with Crippen LogP contribution in [0.5, 0.6) is 0 Å². The topological polar surface area (TPSA) is 44.1 Å². The van der Waals surface area contributed by atoms with Gasteiger partial charge in [-0.25, -0.2) is 9.48 Å². The number of esters is 1. The number of methoxy groups -OCH3 is 1. The van der Waals surface area contributed by atoms with Crippen LogP contribution in [0.3, 0.4) is 0 Å². The van der Waals surface area contributed by atoms with Crippen molar-refractivity contribution in [3.8, 4) is 16.9 Å². The molecule has 7 heteroatoms. The van der Waals surface area contributed by atoms with Crippen molar-refractivity contribution in [1.29, 1.82) is 0 Å². The van der Waals surface area contributed by atoms with Gasteiger partial charge in [0.2, 0.25) is 0 Å². The number of alkyl halides is 3. The highest BCUT2D eigenvalue weighted by Crippen LogP contribution is 2.34. The van der Waals surface area contributed by atoms with Gasteiger partial charge in [0.1, 0.15) is 0 Å². The zero-order valence-corrected chi connectivity index (χ0v) is 14.0. The molecule has 0 amide bonds. The monoisotopic (exact) mass is 360 g/mol. The first kappa shape index (κ1) is 17.7. The Balaban J connectivity index is 2.21. The number of benzene rings is 2. The fourth-order valence-corrected chi connectivity index (χ4v) is 2.58. The number of para-hydroxylation sites is 1. The van der Waals surface area contributed by atoms with Crippen molar-refractivity contribution in [3.05, 3.63) is 71.4 Å². The van der Waals surface area contributed by atoms with Crippen LogP contribution in [0.25, 0.3) is 16.9 Å². The number of halogens is 3. The largest absolute Gasteiger partial charge is 0.464 e. The molecular weight excluding hydrogens is 345 g/mol. The predicted molar refractivity (Wildman–Crippen MR) is 90.1 cm³/mol. The molecule has 0 N–H and O–H groups in total. The molecule has 0 atom stereocenters. The third-order valence-corrected chi connectivity index (χ3v) is 3.89. The van der Waals surface area contributed by atoms with Crippen LogP contribution in [0.15, 0.2) is 54.6 Å². The van der Waals surface area contributed by atoms with Crippen LogP contribution < -0.4 is 0 Å². The summed E-state index contributed by atoms with van der Waals surface area (Å²) in [5, 5.41) is 4.24. The number of rotatable bonds is 3. The summed E-state index contributed by atoms with van der Waals surface area (Å²) in [5.41, 5.74) is 0.886. The lowest BCUT2D eigenvalue weighted by Crippen LogP contribution is -2.15. The lowest BCUT2D eigenvalue weighted by Gasteiger charge is -2.14. The summed E-state index contributed by atoms with van der Waals surface area (Å²) in [5.74, 6) is -0.771. The minimum absolute atomic E-state index is 0.0835. The molecular formula is C19H15F3N2O2. The maximum absolute atomic E-state index is 13.4. The third kappa shape index (κ3) is 3.33. The zero-order valence-electron chi connectivity index (χ0n) is 14.0. The van der Waals surface area contributed by atoms with Gasteiger partial charge in [-0.2, -0.15) is 18.3 Å². The van der Waals surface area contributed by atoms with Crippen LogP contribution in [0.2, 0.25) is 0 Å². The van der Waals surface area contributed by atoms with Crippen molar-refractivity contribution < 1.29 is 22.7 Å². The molecule has 0 aliphatic carbocycles. The Labute approximate surface area is 147 Å². The molecule has 0 saturated carbocycles. The Bertz CT molecular complexity index is 944. The maximum atomic E-state index is 13.4. The summed E-state index contributed by atoms with van der Waals surface area (Å²) in [4.78, 5) is 12.1. The third-order valence-electron chi connectivity index (χ3n) is 3.89. The summed E-state index contributed by atoms with van der Waals surface area (Å²) >= 11 is 0. The fraction of sp³-hybridized carbons (Fsp3) is 0.158. The maximum Gasteiger partial charge on any atom is 0.418 e. The van der Waals surface area contributed by atoms with E-state index in [4.69, 9.17) is 4.74 Å². The molecule has 134 valence electrons.